The number of nitro benzene ring substituents is 2. The van der Waals surface area contributed by atoms with Crippen molar-refractivity contribution in [2.75, 3.05) is 5.43 Å². The maximum Gasteiger partial charge on any atom is 0.301 e. The normalized spacial score (nSPS) is 10.7. The van der Waals surface area contributed by atoms with E-state index in [1.165, 1.54) is 12.1 Å². The Morgan fingerprint density at radius 3 is 2.60 bits per heavy atom. The van der Waals surface area contributed by atoms with Crippen LogP contribution in [-0.2, 0) is 0 Å². The SMILES string of the molecule is CCCCC/C=N\Nc1ccc([N+](=O)[O-])cc1[N+](=O)[O-]. The Morgan fingerprint density at radius 1 is 1.25 bits per heavy atom. The largest absolute Gasteiger partial charge is 0.301 e. The van der Waals surface area contributed by atoms with Crippen molar-refractivity contribution in [1.82, 2.24) is 0 Å². The minimum Gasteiger partial charge on any atom is -0.272 e. The summed E-state index contributed by atoms with van der Waals surface area (Å²) in [6.45, 7) is 2.09. The van der Waals surface area contributed by atoms with Gasteiger partial charge in [0.1, 0.15) is 5.69 Å². The molecular weight excluding hydrogens is 264 g/mol. The Balaban J connectivity index is 2.74. The van der Waals surface area contributed by atoms with E-state index in [4.69, 9.17) is 0 Å². The molecule has 108 valence electrons. The highest BCUT2D eigenvalue weighted by Gasteiger charge is 2.18. The molecule has 0 radical (unpaired) electrons. The standard InChI is InChI=1S/C12H16N4O4/c1-2-3-4-5-8-13-14-11-7-6-10(15(17)18)9-12(11)16(19)20/h6-9,14H,2-5H2,1H3/b13-8-. The van der Waals surface area contributed by atoms with Gasteiger partial charge in [0.15, 0.2) is 0 Å². The van der Waals surface area contributed by atoms with Crippen LogP contribution < -0.4 is 5.43 Å². The van der Waals surface area contributed by atoms with Gasteiger partial charge in [0.05, 0.1) is 15.9 Å². The summed E-state index contributed by atoms with van der Waals surface area (Å²) >= 11 is 0. The van der Waals surface area contributed by atoms with Crippen LogP contribution in [0, 0.1) is 20.2 Å². The first kappa shape index (κ1) is 15.5. The smallest absolute Gasteiger partial charge is 0.272 e. The molecule has 1 aromatic carbocycles. The van der Waals surface area contributed by atoms with E-state index >= 15 is 0 Å². The van der Waals surface area contributed by atoms with E-state index < -0.39 is 9.85 Å². The minimum atomic E-state index is -0.679. The number of benzene rings is 1. The van der Waals surface area contributed by atoms with Gasteiger partial charge in [-0.15, -0.1) is 0 Å². The molecule has 1 N–H and O–H groups in total. The zero-order valence-electron chi connectivity index (χ0n) is 11.1. The predicted molar refractivity (Wildman–Crippen MR) is 76.0 cm³/mol. The highest BCUT2D eigenvalue weighted by Crippen LogP contribution is 2.28. The van der Waals surface area contributed by atoms with Gasteiger partial charge >= 0.3 is 5.69 Å². The second kappa shape index (κ2) is 7.82. The van der Waals surface area contributed by atoms with Gasteiger partial charge in [0.25, 0.3) is 5.69 Å². The number of hydrogen-bond acceptors (Lipinski definition) is 6. The van der Waals surface area contributed by atoms with Gasteiger partial charge in [-0.1, -0.05) is 19.8 Å². The van der Waals surface area contributed by atoms with E-state index in [2.05, 4.69) is 17.5 Å². The van der Waals surface area contributed by atoms with Gasteiger partial charge in [-0.3, -0.25) is 25.7 Å². The van der Waals surface area contributed by atoms with Crippen molar-refractivity contribution in [2.45, 2.75) is 32.6 Å². The Kier molecular flexibility index (Phi) is 6.08. The molecular formula is C12H16N4O4. The average molecular weight is 280 g/mol. The number of non-ortho nitro benzene ring substituents is 1. The second-order valence-corrected chi connectivity index (χ2v) is 4.13. The quantitative estimate of drug-likeness (QED) is 0.339. The maximum atomic E-state index is 10.9. The summed E-state index contributed by atoms with van der Waals surface area (Å²) in [6.07, 6.45) is 5.63. The molecule has 0 aliphatic heterocycles. The Hall–Kier alpha value is -2.51. The molecule has 0 bridgehead atoms. The minimum absolute atomic E-state index is 0.132. The molecule has 0 unspecified atom stereocenters. The molecule has 0 fully saturated rings. The van der Waals surface area contributed by atoms with Gasteiger partial charge in [-0.2, -0.15) is 5.10 Å². The van der Waals surface area contributed by atoms with Gasteiger partial charge in [-0.25, -0.2) is 0 Å². The summed E-state index contributed by atoms with van der Waals surface area (Å²) in [5, 5.41) is 25.3. The molecule has 1 rings (SSSR count). The van der Waals surface area contributed by atoms with E-state index in [0.717, 1.165) is 31.7 Å². The first-order valence-corrected chi connectivity index (χ1v) is 6.26. The van der Waals surface area contributed by atoms with Crippen LogP contribution in [0.2, 0.25) is 0 Å². The summed E-state index contributed by atoms with van der Waals surface area (Å²) in [6, 6.07) is 3.39. The zero-order chi connectivity index (χ0) is 15.0. The third-order valence-corrected chi connectivity index (χ3v) is 2.60. The number of nitrogens with zero attached hydrogens (tertiary/aromatic N) is 3. The fraction of sp³-hybridized carbons (Fsp3) is 0.417. The fourth-order valence-electron chi connectivity index (χ4n) is 1.54. The average Bonchev–Trinajstić information content (AvgIpc) is 2.42. The maximum absolute atomic E-state index is 10.9. The molecule has 0 saturated carbocycles. The van der Waals surface area contributed by atoms with Crippen molar-refractivity contribution < 1.29 is 9.85 Å². The molecule has 1 aromatic rings. The molecule has 0 aliphatic carbocycles. The van der Waals surface area contributed by atoms with Gasteiger partial charge in [0, 0.05) is 12.3 Å². The van der Waals surface area contributed by atoms with E-state index in [1.54, 1.807) is 6.21 Å². The molecule has 0 atom stereocenters. The Labute approximate surface area is 115 Å². The number of hydrazone groups is 1. The molecule has 0 aliphatic rings. The van der Waals surface area contributed by atoms with Crippen LogP contribution in [0.4, 0.5) is 17.1 Å². The molecule has 0 saturated heterocycles. The van der Waals surface area contributed by atoms with E-state index in [-0.39, 0.29) is 17.1 Å². The topological polar surface area (TPSA) is 111 Å². The third kappa shape index (κ3) is 4.63. The molecule has 0 spiro atoms. The molecule has 0 aromatic heterocycles. The van der Waals surface area contributed by atoms with Crippen LogP contribution >= 0.6 is 0 Å². The summed E-state index contributed by atoms with van der Waals surface area (Å²) in [7, 11) is 0. The lowest BCUT2D eigenvalue weighted by molar-refractivity contribution is -0.393. The highest BCUT2D eigenvalue weighted by atomic mass is 16.6. The summed E-state index contributed by atoms with van der Waals surface area (Å²) < 4.78 is 0. The first-order valence-electron chi connectivity index (χ1n) is 6.26. The van der Waals surface area contributed by atoms with Crippen LogP contribution in [0.1, 0.15) is 32.6 Å². The summed E-state index contributed by atoms with van der Waals surface area (Å²) in [4.78, 5) is 20.1. The second-order valence-electron chi connectivity index (χ2n) is 4.13. The van der Waals surface area contributed by atoms with E-state index in [0.29, 0.717) is 0 Å². The highest BCUT2D eigenvalue weighted by molar-refractivity contribution is 5.67. The monoisotopic (exact) mass is 280 g/mol. The van der Waals surface area contributed by atoms with Gasteiger partial charge in [0.2, 0.25) is 0 Å². The Bertz CT molecular complexity index is 516. The van der Waals surface area contributed by atoms with Crippen molar-refractivity contribution in [2.24, 2.45) is 5.10 Å². The van der Waals surface area contributed by atoms with Crippen LogP contribution in [0.3, 0.4) is 0 Å². The van der Waals surface area contributed by atoms with Crippen molar-refractivity contribution in [3.63, 3.8) is 0 Å². The fourth-order valence-corrected chi connectivity index (χ4v) is 1.54. The van der Waals surface area contributed by atoms with Crippen molar-refractivity contribution in [3.05, 3.63) is 38.4 Å². The predicted octanol–water partition coefficient (Wildman–Crippen LogP) is 3.48. The van der Waals surface area contributed by atoms with Gasteiger partial charge < -0.3 is 0 Å². The first-order chi connectivity index (χ1) is 9.56. The van der Waals surface area contributed by atoms with Crippen molar-refractivity contribution in [3.8, 4) is 0 Å². The van der Waals surface area contributed by atoms with E-state index in [1.807, 2.05) is 0 Å². The molecule has 8 heteroatoms. The van der Waals surface area contributed by atoms with Crippen molar-refractivity contribution >= 4 is 23.3 Å². The van der Waals surface area contributed by atoms with Gasteiger partial charge in [-0.05, 0) is 18.9 Å². The third-order valence-electron chi connectivity index (χ3n) is 2.60. The number of nitro groups is 2. The number of unbranched alkanes of at least 4 members (excludes halogenated alkanes) is 3. The Morgan fingerprint density at radius 2 is 2.00 bits per heavy atom. The number of anilines is 1. The zero-order valence-corrected chi connectivity index (χ0v) is 11.1. The summed E-state index contributed by atoms with van der Waals surface area (Å²) in [5.74, 6) is 0. The number of rotatable bonds is 8. The molecule has 8 nitrogen and oxygen atoms in total. The lowest BCUT2D eigenvalue weighted by Crippen LogP contribution is -1.98. The molecule has 0 heterocycles. The van der Waals surface area contributed by atoms with Crippen LogP contribution in [0.5, 0.6) is 0 Å². The number of nitrogens with one attached hydrogen (secondary N) is 1. The van der Waals surface area contributed by atoms with E-state index in [9.17, 15) is 20.2 Å². The van der Waals surface area contributed by atoms with Crippen LogP contribution in [-0.4, -0.2) is 16.1 Å². The molecule has 0 amide bonds. The lowest BCUT2D eigenvalue weighted by atomic mass is 10.2. The molecule has 20 heavy (non-hydrogen) atoms. The van der Waals surface area contributed by atoms with Crippen LogP contribution in [0.15, 0.2) is 23.3 Å². The number of hydrogen-bond donors (Lipinski definition) is 1. The lowest BCUT2D eigenvalue weighted by Gasteiger charge is -2.01. The van der Waals surface area contributed by atoms with Crippen molar-refractivity contribution in [1.29, 1.82) is 0 Å². The van der Waals surface area contributed by atoms with Crippen LogP contribution in [0.25, 0.3) is 0 Å². The summed E-state index contributed by atoms with van der Waals surface area (Å²) in [5.41, 5.74) is 1.98.